The second-order valence-corrected chi connectivity index (χ2v) is 7.93. The minimum atomic E-state index is -0.562. The molecule has 0 N–H and O–H groups in total. The Kier molecular flexibility index (Phi) is 5.89. The molecule has 27 heavy (non-hydrogen) atoms. The van der Waals surface area contributed by atoms with Crippen LogP contribution in [0.3, 0.4) is 0 Å². The van der Waals surface area contributed by atoms with Gasteiger partial charge in [0.1, 0.15) is 12.2 Å². The van der Waals surface area contributed by atoms with Gasteiger partial charge in [-0.15, -0.1) is 0 Å². The van der Waals surface area contributed by atoms with Crippen LogP contribution in [-0.4, -0.2) is 66.0 Å². The SMILES string of the molecule is CC(C)(C)OC(=O)N1CCO[C@H]2CCN(C(=O)OCc3ccccc3)C[C@H]21. The molecule has 0 unspecified atom stereocenters. The van der Waals surface area contributed by atoms with Crippen molar-refractivity contribution in [2.75, 3.05) is 26.2 Å². The monoisotopic (exact) mass is 376 g/mol. The summed E-state index contributed by atoms with van der Waals surface area (Å²) in [6, 6.07) is 9.35. The molecule has 0 bridgehead atoms. The molecule has 2 saturated heterocycles. The van der Waals surface area contributed by atoms with Crippen LogP contribution in [-0.2, 0) is 20.8 Å². The molecule has 0 radical (unpaired) electrons. The molecule has 7 nitrogen and oxygen atoms in total. The van der Waals surface area contributed by atoms with Gasteiger partial charge >= 0.3 is 12.2 Å². The normalized spacial score (nSPS) is 22.8. The number of fused-ring (bicyclic) bond motifs is 1. The molecule has 2 atom stereocenters. The predicted molar refractivity (Wildman–Crippen MR) is 99.3 cm³/mol. The van der Waals surface area contributed by atoms with Crippen molar-refractivity contribution in [2.24, 2.45) is 0 Å². The minimum Gasteiger partial charge on any atom is -0.445 e. The van der Waals surface area contributed by atoms with Crippen molar-refractivity contribution in [2.45, 2.75) is 51.5 Å². The van der Waals surface area contributed by atoms with Gasteiger partial charge in [-0.2, -0.15) is 0 Å². The van der Waals surface area contributed by atoms with Gasteiger partial charge in [0, 0.05) is 19.6 Å². The molecule has 2 amide bonds. The smallest absolute Gasteiger partial charge is 0.410 e. The van der Waals surface area contributed by atoms with Crippen molar-refractivity contribution < 1.29 is 23.8 Å². The highest BCUT2D eigenvalue weighted by atomic mass is 16.6. The van der Waals surface area contributed by atoms with Gasteiger partial charge in [0.2, 0.25) is 0 Å². The number of carbonyl (C=O) groups is 2. The Labute approximate surface area is 160 Å². The van der Waals surface area contributed by atoms with Crippen LogP contribution in [0.15, 0.2) is 30.3 Å². The highest BCUT2D eigenvalue weighted by Crippen LogP contribution is 2.25. The highest BCUT2D eigenvalue weighted by molar-refractivity contribution is 5.70. The van der Waals surface area contributed by atoms with Crippen molar-refractivity contribution in [1.82, 2.24) is 9.80 Å². The summed E-state index contributed by atoms with van der Waals surface area (Å²) < 4.78 is 16.8. The summed E-state index contributed by atoms with van der Waals surface area (Å²) in [5, 5.41) is 0. The Morgan fingerprint density at radius 2 is 1.89 bits per heavy atom. The summed E-state index contributed by atoms with van der Waals surface area (Å²) in [5.41, 5.74) is 0.380. The lowest BCUT2D eigenvalue weighted by atomic mass is 9.99. The van der Waals surface area contributed by atoms with E-state index in [1.165, 1.54) is 0 Å². The number of ether oxygens (including phenoxy) is 3. The quantitative estimate of drug-likeness (QED) is 0.794. The van der Waals surface area contributed by atoms with Crippen molar-refractivity contribution >= 4 is 12.2 Å². The lowest BCUT2D eigenvalue weighted by Gasteiger charge is -2.46. The van der Waals surface area contributed by atoms with Gasteiger partial charge in [0.05, 0.1) is 18.8 Å². The molecule has 0 spiro atoms. The van der Waals surface area contributed by atoms with Gasteiger partial charge in [-0.05, 0) is 32.8 Å². The fourth-order valence-electron chi connectivity index (χ4n) is 3.40. The second-order valence-electron chi connectivity index (χ2n) is 7.93. The molecule has 3 rings (SSSR count). The third kappa shape index (κ3) is 5.13. The number of rotatable bonds is 2. The Hall–Kier alpha value is -2.28. The van der Waals surface area contributed by atoms with E-state index in [9.17, 15) is 9.59 Å². The topological polar surface area (TPSA) is 68.3 Å². The molecule has 1 aromatic carbocycles. The zero-order valence-electron chi connectivity index (χ0n) is 16.2. The molecule has 148 valence electrons. The largest absolute Gasteiger partial charge is 0.445 e. The molecular weight excluding hydrogens is 348 g/mol. The first-order valence-corrected chi connectivity index (χ1v) is 9.40. The number of carbonyl (C=O) groups excluding carboxylic acids is 2. The van der Waals surface area contributed by atoms with E-state index >= 15 is 0 Å². The summed E-state index contributed by atoms with van der Waals surface area (Å²) >= 11 is 0. The molecule has 2 fully saturated rings. The number of benzene rings is 1. The Balaban J connectivity index is 1.60. The number of nitrogens with zero attached hydrogens (tertiary/aromatic N) is 2. The van der Waals surface area contributed by atoms with Gasteiger partial charge in [0.25, 0.3) is 0 Å². The average Bonchev–Trinajstić information content (AvgIpc) is 2.64. The van der Waals surface area contributed by atoms with E-state index < -0.39 is 5.60 Å². The van der Waals surface area contributed by atoms with Gasteiger partial charge in [-0.25, -0.2) is 9.59 Å². The first kappa shape index (κ1) is 19.5. The summed E-state index contributed by atoms with van der Waals surface area (Å²) in [6.45, 7) is 7.65. The molecule has 7 heteroatoms. The average molecular weight is 376 g/mol. The standard InChI is InChI=1S/C20H28N2O5/c1-20(2,3)27-19(24)22-11-12-25-17-9-10-21(13-16(17)22)18(23)26-14-15-7-5-4-6-8-15/h4-8,16-17H,9-14H2,1-3H3/t16-,17+/m1/s1. The lowest BCUT2D eigenvalue weighted by molar-refractivity contribution is -0.100. The molecule has 0 aliphatic carbocycles. The molecule has 2 heterocycles. The van der Waals surface area contributed by atoms with E-state index in [1.54, 1.807) is 9.80 Å². The third-order valence-electron chi connectivity index (χ3n) is 4.68. The van der Waals surface area contributed by atoms with Crippen LogP contribution in [0.25, 0.3) is 0 Å². The number of piperidine rings is 1. The minimum absolute atomic E-state index is 0.0792. The van der Waals surface area contributed by atoms with Crippen molar-refractivity contribution in [3.05, 3.63) is 35.9 Å². The van der Waals surface area contributed by atoms with Gasteiger partial charge in [0.15, 0.2) is 0 Å². The third-order valence-corrected chi connectivity index (χ3v) is 4.68. The number of likely N-dealkylation sites (tertiary alicyclic amines) is 1. The maximum absolute atomic E-state index is 12.6. The highest BCUT2D eigenvalue weighted by Gasteiger charge is 2.42. The van der Waals surface area contributed by atoms with E-state index in [0.29, 0.717) is 32.7 Å². The maximum atomic E-state index is 12.6. The molecule has 2 aliphatic heterocycles. The summed E-state index contributed by atoms with van der Waals surface area (Å²) in [6.07, 6.45) is -0.138. The van der Waals surface area contributed by atoms with Crippen molar-refractivity contribution in [3.63, 3.8) is 0 Å². The summed E-state index contributed by atoms with van der Waals surface area (Å²) in [5.74, 6) is 0. The van der Waals surface area contributed by atoms with Crippen LogP contribution in [0.5, 0.6) is 0 Å². The fraction of sp³-hybridized carbons (Fsp3) is 0.600. The molecular formula is C20H28N2O5. The number of hydrogen-bond donors (Lipinski definition) is 0. The summed E-state index contributed by atoms with van der Waals surface area (Å²) in [4.78, 5) is 28.4. The number of hydrogen-bond acceptors (Lipinski definition) is 5. The Morgan fingerprint density at radius 1 is 1.15 bits per heavy atom. The maximum Gasteiger partial charge on any atom is 0.410 e. The molecule has 1 aromatic rings. The zero-order chi connectivity index (χ0) is 19.4. The molecule has 0 saturated carbocycles. The van der Waals surface area contributed by atoms with Gasteiger partial charge < -0.3 is 19.1 Å². The predicted octanol–water partition coefficient (Wildman–Crippen LogP) is 3.03. The van der Waals surface area contributed by atoms with E-state index in [1.807, 2.05) is 51.1 Å². The Morgan fingerprint density at radius 3 is 2.59 bits per heavy atom. The molecule has 0 aromatic heterocycles. The van der Waals surface area contributed by atoms with Crippen LogP contribution >= 0.6 is 0 Å². The van der Waals surface area contributed by atoms with Crippen LogP contribution in [0, 0.1) is 0 Å². The van der Waals surface area contributed by atoms with E-state index in [-0.39, 0.29) is 30.9 Å². The van der Waals surface area contributed by atoms with Crippen molar-refractivity contribution in [3.8, 4) is 0 Å². The van der Waals surface area contributed by atoms with Crippen LogP contribution < -0.4 is 0 Å². The second kappa shape index (κ2) is 8.17. The molecule has 2 aliphatic rings. The van der Waals surface area contributed by atoms with E-state index in [2.05, 4.69) is 0 Å². The fourth-order valence-corrected chi connectivity index (χ4v) is 3.40. The lowest BCUT2D eigenvalue weighted by Crippen LogP contribution is -2.62. The van der Waals surface area contributed by atoms with Crippen LogP contribution in [0.4, 0.5) is 9.59 Å². The first-order chi connectivity index (χ1) is 12.8. The van der Waals surface area contributed by atoms with Crippen LogP contribution in [0.2, 0.25) is 0 Å². The van der Waals surface area contributed by atoms with Crippen LogP contribution in [0.1, 0.15) is 32.8 Å². The zero-order valence-corrected chi connectivity index (χ0v) is 16.2. The van der Waals surface area contributed by atoms with E-state index in [4.69, 9.17) is 14.2 Å². The van der Waals surface area contributed by atoms with Gasteiger partial charge in [-0.3, -0.25) is 4.90 Å². The Bertz CT molecular complexity index is 658. The van der Waals surface area contributed by atoms with E-state index in [0.717, 1.165) is 5.56 Å². The number of morpholine rings is 1. The first-order valence-electron chi connectivity index (χ1n) is 9.40. The van der Waals surface area contributed by atoms with Crippen molar-refractivity contribution in [1.29, 1.82) is 0 Å². The van der Waals surface area contributed by atoms with Gasteiger partial charge in [-0.1, -0.05) is 30.3 Å². The summed E-state index contributed by atoms with van der Waals surface area (Å²) in [7, 11) is 0. The number of amides is 2.